The van der Waals surface area contributed by atoms with Gasteiger partial charge in [-0.25, -0.2) is 4.98 Å². The fourth-order valence-corrected chi connectivity index (χ4v) is 2.73. The van der Waals surface area contributed by atoms with E-state index in [1.807, 2.05) is 19.3 Å². The third-order valence-electron chi connectivity index (χ3n) is 3.69. The van der Waals surface area contributed by atoms with Crippen LogP contribution in [0.5, 0.6) is 0 Å². The second-order valence-corrected chi connectivity index (χ2v) is 5.08. The predicted octanol–water partition coefficient (Wildman–Crippen LogP) is 2.56. The van der Waals surface area contributed by atoms with Crippen LogP contribution in [0.4, 0.5) is 5.82 Å². The maximum absolute atomic E-state index is 4.40. The van der Waals surface area contributed by atoms with Crippen molar-refractivity contribution < 1.29 is 0 Å². The van der Waals surface area contributed by atoms with Crippen molar-refractivity contribution >= 4 is 5.82 Å². The van der Waals surface area contributed by atoms with Gasteiger partial charge in [-0.1, -0.05) is 0 Å². The maximum Gasteiger partial charge on any atom is 0.147 e. The molecule has 1 atom stereocenters. The number of rotatable bonds is 2. The van der Waals surface area contributed by atoms with E-state index in [1.165, 1.54) is 18.4 Å². The summed E-state index contributed by atoms with van der Waals surface area (Å²) in [5.41, 5.74) is 2.48. The summed E-state index contributed by atoms with van der Waals surface area (Å²) in [5.74, 6) is 1.55. The second-order valence-electron chi connectivity index (χ2n) is 5.08. The zero-order valence-electron chi connectivity index (χ0n) is 11.2. The van der Waals surface area contributed by atoms with Crippen molar-refractivity contribution in [2.45, 2.75) is 25.7 Å². The molecule has 1 aliphatic heterocycles. The van der Waals surface area contributed by atoms with Crippen molar-refractivity contribution in [1.29, 1.82) is 0 Å². The molecular weight excluding hydrogens is 236 g/mol. The first kappa shape index (κ1) is 12.1. The lowest BCUT2D eigenvalue weighted by atomic mass is 9.91. The molecule has 0 unspecified atom stereocenters. The highest BCUT2D eigenvalue weighted by Gasteiger charge is 2.22. The quantitative estimate of drug-likeness (QED) is 0.826. The Kier molecular flexibility index (Phi) is 3.40. The van der Waals surface area contributed by atoms with Crippen molar-refractivity contribution in [3.63, 3.8) is 0 Å². The fourth-order valence-electron chi connectivity index (χ4n) is 2.73. The van der Waals surface area contributed by atoms with Gasteiger partial charge >= 0.3 is 0 Å². The Morgan fingerprint density at radius 1 is 1.21 bits per heavy atom. The lowest BCUT2D eigenvalue weighted by Gasteiger charge is -2.33. The normalized spacial score (nSPS) is 19.4. The molecule has 4 nitrogen and oxygen atoms in total. The van der Waals surface area contributed by atoms with E-state index < -0.39 is 0 Å². The molecular formula is C15H18N4. The third-order valence-corrected chi connectivity index (χ3v) is 3.69. The minimum atomic E-state index is 0.567. The van der Waals surface area contributed by atoms with Crippen LogP contribution in [0.15, 0.2) is 36.9 Å². The van der Waals surface area contributed by atoms with Gasteiger partial charge in [0.2, 0.25) is 0 Å². The number of pyridine rings is 1. The highest BCUT2D eigenvalue weighted by Crippen LogP contribution is 2.28. The Morgan fingerprint density at radius 3 is 2.95 bits per heavy atom. The number of hydrogen-bond donors (Lipinski definition) is 0. The summed E-state index contributed by atoms with van der Waals surface area (Å²) >= 11 is 0. The van der Waals surface area contributed by atoms with Gasteiger partial charge in [-0.2, -0.15) is 0 Å². The molecule has 1 fully saturated rings. The van der Waals surface area contributed by atoms with Crippen LogP contribution >= 0.6 is 0 Å². The number of anilines is 1. The highest BCUT2D eigenvalue weighted by molar-refractivity contribution is 5.37. The van der Waals surface area contributed by atoms with E-state index in [9.17, 15) is 0 Å². The summed E-state index contributed by atoms with van der Waals surface area (Å²) in [7, 11) is 0. The van der Waals surface area contributed by atoms with Crippen LogP contribution in [0, 0.1) is 6.92 Å². The lowest BCUT2D eigenvalue weighted by molar-refractivity contribution is 0.506. The number of hydrogen-bond acceptors (Lipinski definition) is 4. The minimum Gasteiger partial charge on any atom is -0.355 e. The van der Waals surface area contributed by atoms with E-state index in [-0.39, 0.29) is 0 Å². The molecule has 0 radical (unpaired) electrons. The smallest absolute Gasteiger partial charge is 0.147 e. The molecule has 3 heterocycles. The van der Waals surface area contributed by atoms with Gasteiger partial charge in [0.05, 0.1) is 6.20 Å². The third kappa shape index (κ3) is 2.72. The first-order chi connectivity index (χ1) is 9.33. The number of aromatic nitrogens is 3. The predicted molar refractivity (Wildman–Crippen MR) is 75.2 cm³/mol. The van der Waals surface area contributed by atoms with Crippen LogP contribution < -0.4 is 4.90 Å². The van der Waals surface area contributed by atoms with Crippen LogP contribution in [-0.4, -0.2) is 28.0 Å². The molecule has 0 saturated carbocycles. The Labute approximate surface area is 113 Å². The number of piperidine rings is 1. The molecule has 98 valence electrons. The molecule has 0 N–H and O–H groups in total. The van der Waals surface area contributed by atoms with Crippen LogP contribution in [-0.2, 0) is 0 Å². The van der Waals surface area contributed by atoms with Gasteiger partial charge in [-0.05, 0) is 37.5 Å². The van der Waals surface area contributed by atoms with E-state index in [1.54, 1.807) is 12.4 Å². The largest absolute Gasteiger partial charge is 0.355 e. The SMILES string of the molecule is Cc1cc([C@@H]2CCCN(c3cnccn3)C2)ccn1. The summed E-state index contributed by atoms with van der Waals surface area (Å²) in [6, 6.07) is 4.34. The summed E-state index contributed by atoms with van der Waals surface area (Å²) in [6.45, 7) is 4.13. The van der Waals surface area contributed by atoms with Gasteiger partial charge < -0.3 is 4.90 Å². The molecule has 2 aromatic rings. The summed E-state index contributed by atoms with van der Waals surface area (Å²) in [4.78, 5) is 15.2. The fraction of sp³-hybridized carbons (Fsp3) is 0.400. The zero-order chi connectivity index (χ0) is 13.1. The van der Waals surface area contributed by atoms with Crippen molar-refractivity contribution in [3.05, 3.63) is 48.2 Å². The molecule has 19 heavy (non-hydrogen) atoms. The second kappa shape index (κ2) is 5.34. The summed E-state index contributed by atoms with van der Waals surface area (Å²) in [5, 5.41) is 0. The lowest BCUT2D eigenvalue weighted by Crippen LogP contribution is -2.35. The van der Waals surface area contributed by atoms with Crippen LogP contribution in [0.2, 0.25) is 0 Å². The molecule has 4 heteroatoms. The van der Waals surface area contributed by atoms with E-state index in [0.717, 1.165) is 24.6 Å². The molecule has 3 rings (SSSR count). The highest BCUT2D eigenvalue weighted by atomic mass is 15.2. The van der Waals surface area contributed by atoms with Gasteiger partial charge in [-0.15, -0.1) is 0 Å². The summed E-state index contributed by atoms with van der Waals surface area (Å²) < 4.78 is 0. The van der Waals surface area contributed by atoms with E-state index >= 15 is 0 Å². The van der Waals surface area contributed by atoms with Crippen molar-refractivity contribution in [1.82, 2.24) is 15.0 Å². The van der Waals surface area contributed by atoms with Gasteiger partial charge in [0.1, 0.15) is 5.82 Å². The Hall–Kier alpha value is -1.97. The average Bonchev–Trinajstić information content (AvgIpc) is 2.48. The maximum atomic E-state index is 4.40. The molecule has 0 spiro atoms. The van der Waals surface area contributed by atoms with E-state index in [2.05, 4.69) is 32.0 Å². The van der Waals surface area contributed by atoms with Gasteiger partial charge in [0.25, 0.3) is 0 Å². The Bertz CT molecular complexity index is 541. The molecule has 1 aliphatic rings. The Morgan fingerprint density at radius 2 is 2.16 bits per heavy atom. The van der Waals surface area contributed by atoms with Gasteiger partial charge in [0.15, 0.2) is 0 Å². The van der Waals surface area contributed by atoms with Gasteiger partial charge in [-0.3, -0.25) is 9.97 Å². The zero-order valence-corrected chi connectivity index (χ0v) is 11.2. The molecule has 1 saturated heterocycles. The first-order valence-corrected chi connectivity index (χ1v) is 6.76. The van der Waals surface area contributed by atoms with Crippen LogP contribution in [0.3, 0.4) is 0 Å². The molecule has 0 bridgehead atoms. The average molecular weight is 254 g/mol. The minimum absolute atomic E-state index is 0.567. The standard InChI is InChI=1S/C15H18N4/c1-12-9-13(4-5-17-12)14-3-2-8-19(11-14)15-10-16-6-7-18-15/h4-7,9-10,14H,2-3,8,11H2,1H3/t14-/m1/s1. The van der Waals surface area contributed by atoms with Crippen LogP contribution in [0.1, 0.15) is 30.0 Å². The monoisotopic (exact) mass is 254 g/mol. The molecule has 0 aliphatic carbocycles. The van der Waals surface area contributed by atoms with E-state index in [0.29, 0.717) is 5.92 Å². The molecule has 0 amide bonds. The van der Waals surface area contributed by atoms with Crippen molar-refractivity contribution in [2.75, 3.05) is 18.0 Å². The Balaban J connectivity index is 1.78. The number of aryl methyl sites for hydroxylation is 1. The summed E-state index contributed by atoms with van der Waals surface area (Å²) in [6.07, 6.45) is 9.67. The number of nitrogens with zero attached hydrogens (tertiary/aromatic N) is 4. The van der Waals surface area contributed by atoms with Gasteiger partial charge in [0, 0.05) is 43.3 Å². The first-order valence-electron chi connectivity index (χ1n) is 6.76. The van der Waals surface area contributed by atoms with Crippen molar-refractivity contribution in [3.8, 4) is 0 Å². The van der Waals surface area contributed by atoms with E-state index in [4.69, 9.17) is 0 Å². The van der Waals surface area contributed by atoms with Crippen LogP contribution in [0.25, 0.3) is 0 Å². The molecule has 0 aromatic carbocycles. The molecule has 2 aromatic heterocycles. The topological polar surface area (TPSA) is 41.9 Å². The van der Waals surface area contributed by atoms with Crippen molar-refractivity contribution in [2.24, 2.45) is 0 Å².